The minimum atomic E-state index is -2.83. The van der Waals surface area contributed by atoms with Gasteiger partial charge in [0.05, 0.1) is 6.10 Å². The molecule has 1 heterocycles. The summed E-state index contributed by atoms with van der Waals surface area (Å²) in [4.78, 5) is 10.3. The van der Waals surface area contributed by atoms with Crippen molar-refractivity contribution in [3.63, 3.8) is 0 Å². The highest BCUT2D eigenvalue weighted by Crippen LogP contribution is 2.31. The van der Waals surface area contributed by atoms with Crippen molar-refractivity contribution in [3.8, 4) is 0 Å². The number of carboxylic acids is 1. The number of rotatable bonds is 3. The molecule has 0 spiro atoms. The number of carboxylic acid groups (broad SMARTS) is 1. The SMILES string of the molecule is NC(CC1CC(F)(F)CO1)C(=O)O. The van der Waals surface area contributed by atoms with Gasteiger partial charge in [-0.3, -0.25) is 4.79 Å². The van der Waals surface area contributed by atoms with Crippen LogP contribution in [0.4, 0.5) is 8.78 Å². The summed E-state index contributed by atoms with van der Waals surface area (Å²) in [5.41, 5.74) is 5.16. The number of alkyl halides is 2. The number of carbonyl (C=O) groups is 1. The molecule has 0 aromatic carbocycles. The number of ether oxygens (including phenoxy) is 1. The van der Waals surface area contributed by atoms with Crippen LogP contribution in [0.2, 0.25) is 0 Å². The molecule has 0 aromatic heterocycles. The van der Waals surface area contributed by atoms with Crippen LogP contribution in [0.5, 0.6) is 0 Å². The summed E-state index contributed by atoms with van der Waals surface area (Å²) >= 11 is 0. The molecule has 0 aromatic rings. The van der Waals surface area contributed by atoms with Gasteiger partial charge in [-0.2, -0.15) is 0 Å². The van der Waals surface area contributed by atoms with Gasteiger partial charge < -0.3 is 15.6 Å². The van der Waals surface area contributed by atoms with Crippen molar-refractivity contribution in [1.82, 2.24) is 0 Å². The number of nitrogens with two attached hydrogens (primary N) is 1. The van der Waals surface area contributed by atoms with Crippen molar-refractivity contribution < 1.29 is 23.4 Å². The van der Waals surface area contributed by atoms with Gasteiger partial charge in [0, 0.05) is 6.42 Å². The minimum absolute atomic E-state index is 0.0646. The Balaban J connectivity index is 2.36. The zero-order chi connectivity index (χ0) is 10.1. The lowest BCUT2D eigenvalue weighted by molar-refractivity contribution is -0.139. The monoisotopic (exact) mass is 195 g/mol. The number of halogens is 2. The van der Waals surface area contributed by atoms with Gasteiger partial charge in [-0.15, -0.1) is 0 Å². The van der Waals surface area contributed by atoms with E-state index in [1.807, 2.05) is 0 Å². The molecule has 0 amide bonds. The molecule has 0 aliphatic carbocycles. The third kappa shape index (κ3) is 2.89. The summed E-state index contributed by atoms with van der Waals surface area (Å²) in [5, 5.41) is 8.40. The fourth-order valence-corrected chi connectivity index (χ4v) is 1.23. The van der Waals surface area contributed by atoms with Crippen LogP contribution in [-0.4, -0.2) is 35.8 Å². The van der Waals surface area contributed by atoms with Crippen LogP contribution >= 0.6 is 0 Å². The average molecular weight is 195 g/mol. The fraction of sp³-hybridized carbons (Fsp3) is 0.857. The zero-order valence-corrected chi connectivity index (χ0v) is 6.87. The second-order valence-electron chi connectivity index (χ2n) is 3.17. The largest absolute Gasteiger partial charge is 0.480 e. The van der Waals surface area contributed by atoms with Crippen LogP contribution in [0.25, 0.3) is 0 Å². The summed E-state index contributed by atoms with van der Waals surface area (Å²) in [5.74, 6) is -4.03. The quantitative estimate of drug-likeness (QED) is 0.675. The van der Waals surface area contributed by atoms with Crippen LogP contribution in [-0.2, 0) is 9.53 Å². The molecular formula is C7H11F2NO3. The first kappa shape index (κ1) is 10.3. The van der Waals surface area contributed by atoms with Gasteiger partial charge in [-0.25, -0.2) is 8.78 Å². The van der Waals surface area contributed by atoms with Crippen molar-refractivity contribution in [3.05, 3.63) is 0 Å². The Bertz CT molecular complexity index is 210. The Morgan fingerprint density at radius 3 is 2.77 bits per heavy atom. The van der Waals surface area contributed by atoms with Crippen LogP contribution in [0.3, 0.4) is 0 Å². The van der Waals surface area contributed by atoms with Gasteiger partial charge in [0.1, 0.15) is 12.6 Å². The zero-order valence-electron chi connectivity index (χ0n) is 6.87. The second-order valence-corrected chi connectivity index (χ2v) is 3.17. The molecule has 13 heavy (non-hydrogen) atoms. The molecule has 1 saturated heterocycles. The summed E-state index contributed by atoms with van der Waals surface area (Å²) in [6.45, 7) is -0.635. The van der Waals surface area contributed by atoms with Gasteiger partial charge in [-0.05, 0) is 6.42 Å². The molecule has 0 radical (unpaired) electrons. The van der Waals surface area contributed by atoms with Crippen molar-refractivity contribution >= 4 is 5.97 Å². The molecule has 1 aliphatic rings. The van der Waals surface area contributed by atoms with E-state index in [1.165, 1.54) is 0 Å². The molecule has 2 unspecified atom stereocenters. The first-order valence-electron chi connectivity index (χ1n) is 3.88. The normalized spacial score (nSPS) is 28.7. The van der Waals surface area contributed by atoms with E-state index in [1.54, 1.807) is 0 Å². The van der Waals surface area contributed by atoms with E-state index < -0.39 is 37.1 Å². The molecule has 1 rings (SSSR count). The maximum absolute atomic E-state index is 12.5. The maximum Gasteiger partial charge on any atom is 0.320 e. The van der Waals surface area contributed by atoms with Gasteiger partial charge in [0.15, 0.2) is 0 Å². The Labute approximate surface area is 73.7 Å². The van der Waals surface area contributed by atoms with E-state index in [0.717, 1.165) is 0 Å². The van der Waals surface area contributed by atoms with Crippen LogP contribution in [0.1, 0.15) is 12.8 Å². The van der Waals surface area contributed by atoms with Crippen molar-refractivity contribution in [2.24, 2.45) is 5.73 Å². The predicted molar refractivity (Wildman–Crippen MR) is 39.5 cm³/mol. The standard InChI is InChI=1S/C7H11F2NO3/c8-7(9)2-4(13-3-7)1-5(10)6(11)12/h4-5H,1-3,10H2,(H,11,12). The lowest BCUT2D eigenvalue weighted by Crippen LogP contribution is -2.34. The average Bonchev–Trinajstić information content (AvgIpc) is 2.30. The lowest BCUT2D eigenvalue weighted by atomic mass is 10.1. The van der Waals surface area contributed by atoms with Crippen molar-refractivity contribution in [1.29, 1.82) is 0 Å². The summed E-state index contributed by atoms with van der Waals surface area (Å²) in [6, 6.07) is -1.13. The minimum Gasteiger partial charge on any atom is -0.480 e. The molecule has 1 fully saturated rings. The number of hydrogen-bond donors (Lipinski definition) is 2. The van der Waals surface area contributed by atoms with E-state index in [9.17, 15) is 13.6 Å². The molecule has 2 atom stereocenters. The third-order valence-corrected chi connectivity index (χ3v) is 1.89. The van der Waals surface area contributed by atoms with Gasteiger partial charge in [0.2, 0.25) is 0 Å². The summed E-state index contributed by atoms with van der Waals surface area (Å²) in [6.07, 6.45) is -1.24. The molecule has 0 bridgehead atoms. The molecular weight excluding hydrogens is 184 g/mol. The highest BCUT2D eigenvalue weighted by molar-refractivity contribution is 5.73. The Hall–Kier alpha value is -0.750. The first-order chi connectivity index (χ1) is 5.91. The van der Waals surface area contributed by atoms with Crippen molar-refractivity contribution in [2.75, 3.05) is 6.61 Å². The highest BCUT2D eigenvalue weighted by Gasteiger charge is 2.41. The van der Waals surface area contributed by atoms with Crippen LogP contribution < -0.4 is 5.73 Å². The van der Waals surface area contributed by atoms with Crippen LogP contribution in [0, 0.1) is 0 Å². The lowest BCUT2D eigenvalue weighted by Gasteiger charge is -2.11. The van der Waals surface area contributed by atoms with Gasteiger partial charge in [0.25, 0.3) is 5.92 Å². The molecule has 76 valence electrons. The Kier molecular flexibility index (Phi) is 2.82. The molecule has 0 saturated carbocycles. The van der Waals surface area contributed by atoms with Gasteiger partial charge in [-0.1, -0.05) is 0 Å². The van der Waals surface area contributed by atoms with E-state index in [0.29, 0.717) is 0 Å². The smallest absolute Gasteiger partial charge is 0.320 e. The molecule has 4 nitrogen and oxygen atoms in total. The van der Waals surface area contributed by atoms with E-state index in [4.69, 9.17) is 15.6 Å². The van der Waals surface area contributed by atoms with E-state index in [-0.39, 0.29) is 6.42 Å². The third-order valence-electron chi connectivity index (χ3n) is 1.89. The molecule has 1 aliphatic heterocycles. The highest BCUT2D eigenvalue weighted by atomic mass is 19.3. The first-order valence-corrected chi connectivity index (χ1v) is 3.88. The van der Waals surface area contributed by atoms with Gasteiger partial charge >= 0.3 is 5.97 Å². The van der Waals surface area contributed by atoms with Crippen LogP contribution in [0.15, 0.2) is 0 Å². The Morgan fingerprint density at radius 1 is 1.77 bits per heavy atom. The summed E-state index contributed by atoms with van der Waals surface area (Å²) in [7, 11) is 0. The van der Waals surface area contributed by atoms with E-state index >= 15 is 0 Å². The fourth-order valence-electron chi connectivity index (χ4n) is 1.23. The summed E-state index contributed by atoms with van der Waals surface area (Å²) < 4.78 is 29.8. The van der Waals surface area contributed by atoms with Crippen molar-refractivity contribution in [2.45, 2.75) is 30.9 Å². The topological polar surface area (TPSA) is 72.5 Å². The molecule has 3 N–H and O–H groups in total. The number of aliphatic carboxylic acids is 1. The Morgan fingerprint density at radius 2 is 2.38 bits per heavy atom. The number of hydrogen-bond acceptors (Lipinski definition) is 3. The maximum atomic E-state index is 12.5. The van der Waals surface area contributed by atoms with E-state index in [2.05, 4.69) is 0 Å². The second kappa shape index (κ2) is 3.55. The molecule has 6 heteroatoms. The predicted octanol–water partition coefficient (Wildman–Crippen LogP) is 0.213.